The number of nitrogens with zero attached hydrogens (tertiary/aromatic N) is 2. The monoisotopic (exact) mass is 293 g/mol. The molecule has 0 aromatic heterocycles. The molecule has 0 radical (unpaired) electrons. The van der Waals surface area contributed by atoms with Gasteiger partial charge in [-0.3, -0.25) is 0 Å². The Labute approximate surface area is 132 Å². The summed E-state index contributed by atoms with van der Waals surface area (Å²) in [7, 11) is 0. The van der Waals surface area contributed by atoms with Crippen LogP contribution in [0.3, 0.4) is 0 Å². The summed E-state index contributed by atoms with van der Waals surface area (Å²) >= 11 is 0. The quantitative estimate of drug-likeness (QED) is 0.861. The van der Waals surface area contributed by atoms with Crippen molar-refractivity contribution in [3.63, 3.8) is 0 Å². The molecule has 2 aliphatic rings. The highest BCUT2D eigenvalue weighted by Gasteiger charge is 2.19. The smallest absolute Gasteiger partial charge is 0.0604 e. The van der Waals surface area contributed by atoms with E-state index >= 15 is 0 Å². The standard InChI is InChI=1S/C19H23N3/c20-18-13-17(21-10-3-4-11-21)7-8-19(18)22-12-9-15-5-1-2-6-16(15)14-22/h1-2,5-8,13H,3-4,9-12,14,20H2. The fourth-order valence-corrected chi connectivity index (χ4v) is 3.70. The van der Waals surface area contributed by atoms with Gasteiger partial charge in [0.05, 0.1) is 11.4 Å². The molecule has 0 bridgehead atoms. The van der Waals surface area contributed by atoms with E-state index in [0.717, 1.165) is 38.3 Å². The minimum atomic E-state index is 0.906. The van der Waals surface area contributed by atoms with Gasteiger partial charge in [0.15, 0.2) is 0 Å². The van der Waals surface area contributed by atoms with E-state index in [-0.39, 0.29) is 0 Å². The molecule has 114 valence electrons. The number of anilines is 3. The average Bonchev–Trinajstić information content (AvgIpc) is 3.09. The summed E-state index contributed by atoms with van der Waals surface area (Å²) in [5.74, 6) is 0. The third-order valence-corrected chi connectivity index (χ3v) is 4.95. The van der Waals surface area contributed by atoms with Crippen LogP contribution >= 0.6 is 0 Å². The molecule has 22 heavy (non-hydrogen) atoms. The first-order valence-electron chi connectivity index (χ1n) is 8.27. The second-order valence-electron chi connectivity index (χ2n) is 6.38. The Kier molecular flexibility index (Phi) is 3.41. The van der Waals surface area contributed by atoms with Crippen LogP contribution in [0.1, 0.15) is 24.0 Å². The van der Waals surface area contributed by atoms with Crippen molar-refractivity contribution in [1.29, 1.82) is 0 Å². The molecule has 2 heterocycles. The molecule has 0 spiro atoms. The van der Waals surface area contributed by atoms with Crippen LogP contribution in [0.2, 0.25) is 0 Å². The van der Waals surface area contributed by atoms with Gasteiger partial charge in [0, 0.05) is 31.9 Å². The maximum absolute atomic E-state index is 6.37. The molecule has 2 aromatic rings. The van der Waals surface area contributed by atoms with Gasteiger partial charge < -0.3 is 15.5 Å². The van der Waals surface area contributed by atoms with Crippen molar-refractivity contribution in [2.75, 3.05) is 35.2 Å². The maximum Gasteiger partial charge on any atom is 0.0604 e. The normalized spacial score (nSPS) is 17.6. The molecular formula is C19H23N3. The van der Waals surface area contributed by atoms with Gasteiger partial charge >= 0.3 is 0 Å². The van der Waals surface area contributed by atoms with Gasteiger partial charge in [-0.2, -0.15) is 0 Å². The second kappa shape index (κ2) is 5.56. The lowest BCUT2D eigenvalue weighted by atomic mass is 9.99. The van der Waals surface area contributed by atoms with Crippen molar-refractivity contribution in [2.45, 2.75) is 25.8 Å². The van der Waals surface area contributed by atoms with E-state index in [1.807, 2.05) is 0 Å². The summed E-state index contributed by atoms with van der Waals surface area (Å²) < 4.78 is 0. The van der Waals surface area contributed by atoms with Crippen molar-refractivity contribution in [3.05, 3.63) is 53.6 Å². The van der Waals surface area contributed by atoms with Crippen molar-refractivity contribution < 1.29 is 0 Å². The average molecular weight is 293 g/mol. The minimum absolute atomic E-state index is 0.906. The third-order valence-electron chi connectivity index (χ3n) is 4.95. The van der Waals surface area contributed by atoms with Gasteiger partial charge in [0.25, 0.3) is 0 Å². The molecule has 0 atom stereocenters. The lowest BCUT2D eigenvalue weighted by Crippen LogP contribution is -2.31. The Bertz CT molecular complexity index is 674. The van der Waals surface area contributed by atoms with Gasteiger partial charge in [-0.1, -0.05) is 24.3 Å². The first kappa shape index (κ1) is 13.5. The molecule has 2 N–H and O–H groups in total. The van der Waals surface area contributed by atoms with Crippen LogP contribution < -0.4 is 15.5 Å². The summed E-state index contributed by atoms with van der Waals surface area (Å²) in [4.78, 5) is 4.84. The van der Waals surface area contributed by atoms with E-state index in [9.17, 15) is 0 Å². The number of hydrogen-bond donors (Lipinski definition) is 1. The number of rotatable bonds is 2. The zero-order valence-corrected chi connectivity index (χ0v) is 13.0. The number of fused-ring (bicyclic) bond motifs is 1. The fraction of sp³-hybridized carbons (Fsp3) is 0.368. The highest BCUT2D eigenvalue weighted by atomic mass is 15.2. The van der Waals surface area contributed by atoms with Crippen LogP contribution in [-0.4, -0.2) is 19.6 Å². The molecule has 0 aliphatic carbocycles. The van der Waals surface area contributed by atoms with E-state index < -0.39 is 0 Å². The van der Waals surface area contributed by atoms with Crippen LogP contribution in [-0.2, 0) is 13.0 Å². The number of hydrogen-bond acceptors (Lipinski definition) is 3. The van der Waals surface area contributed by atoms with E-state index in [0.29, 0.717) is 0 Å². The first-order valence-corrected chi connectivity index (χ1v) is 8.27. The lowest BCUT2D eigenvalue weighted by molar-refractivity contribution is 0.732. The Morgan fingerprint density at radius 1 is 0.818 bits per heavy atom. The van der Waals surface area contributed by atoms with Gasteiger partial charge in [0.1, 0.15) is 0 Å². The van der Waals surface area contributed by atoms with E-state index in [1.54, 1.807) is 0 Å². The molecule has 1 saturated heterocycles. The summed E-state index contributed by atoms with van der Waals surface area (Å²) in [6.45, 7) is 4.33. The zero-order valence-electron chi connectivity index (χ0n) is 13.0. The van der Waals surface area contributed by atoms with Crippen molar-refractivity contribution in [2.24, 2.45) is 0 Å². The van der Waals surface area contributed by atoms with E-state index in [2.05, 4.69) is 52.3 Å². The van der Waals surface area contributed by atoms with Gasteiger partial charge in [-0.05, 0) is 48.6 Å². The molecule has 0 amide bonds. The molecule has 1 fully saturated rings. The zero-order chi connectivity index (χ0) is 14.9. The van der Waals surface area contributed by atoms with Crippen LogP contribution in [0.25, 0.3) is 0 Å². The Morgan fingerprint density at radius 3 is 2.36 bits per heavy atom. The summed E-state index contributed by atoms with van der Waals surface area (Å²) in [5.41, 5.74) is 12.6. The second-order valence-corrected chi connectivity index (χ2v) is 6.38. The van der Waals surface area contributed by atoms with E-state index in [1.165, 1.54) is 35.3 Å². The largest absolute Gasteiger partial charge is 0.397 e. The predicted molar refractivity (Wildman–Crippen MR) is 93.5 cm³/mol. The molecule has 2 aromatic carbocycles. The predicted octanol–water partition coefficient (Wildman–Crippen LogP) is 3.43. The Hall–Kier alpha value is -2.16. The highest BCUT2D eigenvalue weighted by Crippen LogP contribution is 2.32. The van der Waals surface area contributed by atoms with Crippen molar-refractivity contribution in [1.82, 2.24) is 0 Å². The molecular weight excluding hydrogens is 270 g/mol. The first-order chi connectivity index (χ1) is 10.8. The lowest BCUT2D eigenvalue weighted by Gasteiger charge is -2.32. The third kappa shape index (κ3) is 2.41. The van der Waals surface area contributed by atoms with Crippen LogP contribution in [0, 0.1) is 0 Å². The van der Waals surface area contributed by atoms with Crippen molar-refractivity contribution in [3.8, 4) is 0 Å². The van der Waals surface area contributed by atoms with Crippen molar-refractivity contribution >= 4 is 17.1 Å². The number of nitrogen functional groups attached to an aromatic ring is 1. The Morgan fingerprint density at radius 2 is 1.59 bits per heavy atom. The summed E-state index contributed by atoms with van der Waals surface area (Å²) in [5, 5.41) is 0. The molecule has 2 aliphatic heterocycles. The molecule has 0 saturated carbocycles. The van der Waals surface area contributed by atoms with Crippen LogP contribution in [0.4, 0.5) is 17.1 Å². The highest BCUT2D eigenvalue weighted by molar-refractivity contribution is 5.73. The maximum atomic E-state index is 6.37. The number of benzene rings is 2. The molecule has 0 unspecified atom stereocenters. The minimum Gasteiger partial charge on any atom is -0.397 e. The van der Waals surface area contributed by atoms with E-state index in [4.69, 9.17) is 5.73 Å². The van der Waals surface area contributed by atoms with Gasteiger partial charge in [-0.25, -0.2) is 0 Å². The Balaban J connectivity index is 1.58. The SMILES string of the molecule is Nc1cc(N2CCCC2)ccc1N1CCc2ccccc2C1. The van der Waals surface area contributed by atoms with Gasteiger partial charge in [0.2, 0.25) is 0 Å². The van der Waals surface area contributed by atoms with Crippen LogP contribution in [0.15, 0.2) is 42.5 Å². The fourth-order valence-electron chi connectivity index (χ4n) is 3.70. The van der Waals surface area contributed by atoms with Crippen LogP contribution in [0.5, 0.6) is 0 Å². The topological polar surface area (TPSA) is 32.5 Å². The molecule has 3 nitrogen and oxygen atoms in total. The van der Waals surface area contributed by atoms with Gasteiger partial charge in [-0.15, -0.1) is 0 Å². The molecule has 4 rings (SSSR count). The summed E-state index contributed by atoms with van der Waals surface area (Å²) in [6.07, 6.45) is 3.69. The number of nitrogens with two attached hydrogens (primary N) is 1. The summed E-state index contributed by atoms with van der Waals surface area (Å²) in [6, 6.07) is 15.3. The molecule has 3 heteroatoms.